The van der Waals surface area contributed by atoms with Gasteiger partial charge in [0, 0.05) is 12.7 Å². The Labute approximate surface area is 118 Å². The van der Waals surface area contributed by atoms with Gasteiger partial charge in [-0.25, -0.2) is 0 Å². The summed E-state index contributed by atoms with van der Waals surface area (Å²) >= 11 is 0. The van der Waals surface area contributed by atoms with Gasteiger partial charge in [0.25, 0.3) is 0 Å². The van der Waals surface area contributed by atoms with Crippen LogP contribution in [-0.4, -0.2) is 15.7 Å². The molecule has 0 unspecified atom stereocenters. The Hall–Kier alpha value is -2.30. The van der Waals surface area contributed by atoms with Gasteiger partial charge >= 0.3 is 5.97 Å². The van der Waals surface area contributed by atoms with Crippen molar-refractivity contribution in [3.05, 3.63) is 47.3 Å². The fraction of sp³-hybridized carbons (Fsp3) is 0.333. The van der Waals surface area contributed by atoms with Crippen LogP contribution in [0, 0.1) is 0 Å². The van der Waals surface area contributed by atoms with E-state index >= 15 is 0 Å². The fourth-order valence-electron chi connectivity index (χ4n) is 1.94. The minimum absolute atomic E-state index is 0.186. The Kier molecular flexibility index (Phi) is 4.40. The van der Waals surface area contributed by atoms with E-state index < -0.39 is 0 Å². The first-order chi connectivity index (χ1) is 9.60. The zero-order chi connectivity index (χ0) is 14.5. The number of carbonyl (C=O) groups is 1. The molecule has 2 N–H and O–H groups in total. The molecular weight excluding hydrogens is 254 g/mol. The van der Waals surface area contributed by atoms with E-state index in [-0.39, 0.29) is 19.0 Å². The Morgan fingerprint density at radius 2 is 2.15 bits per heavy atom. The van der Waals surface area contributed by atoms with E-state index in [9.17, 15) is 4.79 Å². The third-order valence-electron chi connectivity index (χ3n) is 3.16. The molecule has 5 heteroatoms. The molecule has 5 nitrogen and oxygen atoms in total. The number of nitrogen functional groups attached to an aromatic ring is 1. The topological polar surface area (TPSA) is 70.1 Å². The van der Waals surface area contributed by atoms with Crippen molar-refractivity contribution in [1.29, 1.82) is 0 Å². The maximum absolute atomic E-state index is 11.8. The molecule has 0 amide bonds. The Morgan fingerprint density at radius 3 is 2.80 bits per heavy atom. The van der Waals surface area contributed by atoms with Gasteiger partial charge in [-0.05, 0) is 24.1 Å². The number of anilines is 1. The van der Waals surface area contributed by atoms with E-state index in [1.807, 2.05) is 38.2 Å². The summed E-state index contributed by atoms with van der Waals surface area (Å²) in [5.74, 6) is -0.290. The van der Waals surface area contributed by atoms with Gasteiger partial charge in [-0.3, -0.25) is 9.48 Å². The van der Waals surface area contributed by atoms with E-state index in [0.717, 1.165) is 23.4 Å². The molecule has 1 aromatic heterocycles. The first-order valence-electron chi connectivity index (χ1n) is 6.61. The molecule has 0 saturated carbocycles. The molecule has 0 aliphatic carbocycles. The predicted octanol–water partition coefficient (Wildman–Crippen LogP) is 1.85. The number of aryl methyl sites for hydroxylation is 2. The molecule has 0 fully saturated rings. The molecule has 20 heavy (non-hydrogen) atoms. The summed E-state index contributed by atoms with van der Waals surface area (Å²) in [6.45, 7) is 2.27. The van der Waals surface area contributed by atoms with E-state index in [4.69, 9.17) is 10.5 Å². The number of esters is 1. The molecule has 1 aromatic carbocycles. The van der Waals surface area contributed by atoms with Crippen LogP contribution in [-0.2, 0) is 36.0 Å². The third-order valence-corrected chi connectivity index (χ3v) is 3.16. The van der Waals surface area contributed by atoms with Crippen LogP contribution in [0.25, 0.3) is 0 Å². The number of hydrogen-bond acceptors (Lipinski definition) is 4. The van der Waals surface area contributed by atoms with E-state index in [0.29, 0.717) is 5.69 Å². The standard InChI is InChI=1S/C15H19N3O2/c1-3-12-9-13(18(2)17-12)10-20-15(19)8-11-6-4-5-7-14(11)16/h4-7,9H,3,8,10,16H2,1-2H3. The molecule has 0 saturated heterocycles. The van der Waals surface area contributed by atoms with Gasteiger partial charge in [-0.1, -0.05) is 25.1 Å². The largest absolute Gasteiger partial charge is 0.459 e. The number of para-hydroxylation sites is 1. The molecule has 106 valence electrons. The number of carbonyl (C=O) groups excluding carboxylic acids is 1. The van der Waals surface area contributed by atoms with Gasteiger partial charge in [0.15, 0.2) is 0 Å². The number of rotatable bonds is 5. The van der Waals surface area contributed by atoms with Crippen LogP contribution >= 0.6 is 0 Å². The zero-order valence-corrected chi connectivity index (χ0v) is 11.8. The van der Waals surface area contributed by atoms with E-state index in [1.54, 1.807) is 10.7 Å². The Morgan fingerprint density at radius 1 is 1.40 bits per heavy atom. The van der Waals surface area contributed by atoms with Crippen molar-refractivity contribution < 1.29 is 9.53 Å². The lowest BCUT2D eigenvalue weighted by Crippen LogP contribution is -2.11. The summed E-state index contributed by atoms with van der Waals surface area (Å²) in [5.41, 5.74) is 9.07. The smallest absolute Gasteiger partial charge is 0.310 e. The van der Waals surface area contributed by atoms with Crippen molar-refractivity contribution >= 4 is 11.7 Å². The highest BCUT2D eigenvalue weighted by atomic mass is 16.5. The third kappa shape index (κ3) is 3.38. The monoisotopic (exact) mass is 273 g/mol. The van der Waals surface area contributed by atoms with Crippen LogP contribution in [0.3, 0.4) is 0 Å². The van der Waals surface area contributed by atoms with Crippen molar-refractivity contribution in [3.63, 3.8) is 0 Å². The van der Waals surface area contributed by atoms with Gasteiger partial charge in [0.2, 0.25) is 0 Å². The normalized spacial score (nSPS) is 10.5. The van der Waals surface area contributed by atoms with Crippen molar-refractivity contribution in [2.75, 3.05) is 5.73 Å². The lowest BCUT2D eigenvalue weighted by atomic mass is 10.1. The molecule has 0 atom stereocenters. The highest BCUT2D eigenvalue weighted by molar-refractivity contribution is 5.74. The number of nitrogens with two attached hydrogens (primary N) is 1. The second kappa shape index (κ2) is 6.23. The Bertz CT molecular complexity index is 605. The summed E-state index contributed by atoms with van der Waals surface area (Å²) in [6.07, 6.45) is 1.05. The maximum atomic E-state index is 11.8. The number of ether oxygens (including phenoxy) is 1. The molecule has 0 aliphatic rings. The van der Waals surface area contributed by atoms with Crippen LogP contribution in [0.5, 0.6) is 0 Å². The van der Waals surface area contributed by atoms with E-state index in [2.05, 4.69) is 5.10 Å². The van der Waals surface area contributed by atoms with Crippen molar-refractivity contribution in [1.82, 2.24) is 9.78 Å². The van der Waals surface area contributed by atoms with Gasteiger partial charge < -0.3 is 10.5 Å². The second-order valence-electron chi connectivity index (χ2n) is 4.64. The first kappa shape index (κ1) is 14.1. The van der Waals surface area contributed by atoms with Crippen LogP contribution in [0.2, 0.25) is 0 Å². The number of aromatic nitrogens is 2. The van der Waals surface area contributed by atoms with Crippen molar-refractivity contribution in [3.8, 4) is 0 Å². The highest BCUT2D eigenvalue weighted by Crippen LogP contribution is 2.12. The predicted molar refractivity (Wildman–Crippen MR) is 76.9 cm³/mol. The molecule has 0 spiro atoms. The summed E-state index contributed by atoms with van der Waals surface area (Å²) in [4.78, 5) is 11.8. The summed E-state index contributed by atoms with van der Waals surface area (Å²) in [7, 11) is 1.84. The highest BCUT2D eigenvalue weighted by Gasteiger charge is 2.10. The average Bonchev–Trinajstić information content (AvgIpc) is 2.80. The molecule has 1 heterocycles. The van der Waals surface area contributed by atoms with Gasteiger partial charge in [-0.15, -0.1) is 0 Å². The lowest BCUT2D eigenvalue weighted by Gasteiger charge is -2.06. The van der Waals surface area contributed by atoms with Crippen LogP contribution < -0.4 is 5.73 Å². The van der Waals surface area contributed by atoms with Crippen LogP contribution in [0.15, 0.2) is 30.3 Å². The first-order valence-corrected chi connectivity index (χ1v) is 6.61. The molecule has 0 aliphatic heterocycles. The number of benzene rings is 1. The summed E-state index contributed by atoms with van der Waals surface area (Å²) < 4.78 is 7.01. The molecule has 2 aromatic rings. The van der Waals surface area contributed by atoms with Crippen LogP contribution in [0.1, 0.15) is 23.9 Å². The minimum atomic E-state index is -0.290. The number of nitrogens with zero attached hydrogens (tertiary/aromatic N) is 2. The average molecular weight is 273 g/mol. The van der Waals surface area contributed by atoms with Gasteiger partial charge in [-0.2, -0.15) is 5.10 Å². The molecule has 2 rings (SSSR count). The second-order valence-corrected chi connectivity index (χ2v) is 4.64. The summed E-state index contributed by atoms with van der Waals surface area (Å²) in [6, 6.07) is 9.25. The molecule has 0 radical (unpaired) electrons. The molecular formula is C15H19N3O2. The number of hydrogen-bond donors (Lipinski definition) is 1. The van der Waals surface area contributed by atoms with Crippen LogP contribution in [0.4, 0.5) is 5.69 Å². The van der Waals surface area contributed by atoms with E-state index in [1.165, 1.54) is 0 Å². The molecule has 0 bridgehead atoms. The lowest BCUT2D eigenvalue weighted by molar-refractivity contribution is -0.144. The SMILES string of the molecule is CCc1cc(COC(=O)Cc2ccccc2N)n(C)n1. The quantitative estimate of drug-likeness (QED) is 0.666. The Balaban J connectivity index is 1.92. The summed E-state index contributed by atoms with van der Waals surface area (Å²) in [5, 5.41) is 4.31. The van der Waals surface area contributed by atoms with Gasteiger partial charge in [0.1, 0.15) is 6.61 Å². The van der Waals surface area contributed by atoms with Gasteiger partial charge in [0.05, 0.1) is 17.8 Å². The maximum Gasteiger partial charge on any atom is 0.310 e. The fourth-order valence-corrected chi connectivity index (χ4v) is 1.94. The van der Waals surface area contributed by atoms with Crippen molar-refractivity contribution in [2.24, 2.45) is 7.05 Å². The zero-order valence-electron chi connectivity index (χ0n) is 11.8. The van der Waals surface area contributed by atoms with Crippen molar-refractivity contribution in [2.45, 2.75) is 26.4 Å². The minimum Gasteiger partial charge on any atom is -0.459 e.